The van der Waals surface area contributed by atoms with Gasteiger partial charge in [0.05, 0.1) is 0 Å². The molecule has 0 aliphatic rings. The van der Waals surface area contributed by atoms with Crippen molar-refractivity contribution in [2.24, 2.45) is 0 Å². The molecule has 0 spiro atoms. The molecule has 9 aromatic rings. The van der Waals surface area contributed by atoms with E-state index in [0.29, 0.717) is 0 Å². The van der Waals surface area contributed by atoms with Gasteiger partial charge >= 0.3 is 0 Å². The van der Waals surface area contributed by atoms with E-state index in [1.54, 1.807) is 0 Å². The number of rotatable bonds is 0. The first-order chi connectivity index (χ1) is 15.9. The van der Waals surface area contributed by atoms with Crippen molar-refractivity contribution in [3.63, 3.8) is 0 Å². The lowest BCUT2D eigenvalue weighted by atomic mass is 9.80. The van der Waals surface area contributed by atoms with Gasteiger partial charge in [-0.15, -0.1) is 0 Å². The quantitative estimate of drug-likeness (QED) is 0.176. The van der Waals surface area contributed by atoms with Crippen LogP contribution in [0, 0.1) is 0 Å². The molecule has 9 aromatic carbocycles. The molecule has 144 valence electrons. The Hall–Kier alpha value is -4.16. The van der Waals surface area contributed by atoms with Crippen LogP contribution in [0.3, 0.4) is 0 Å². The van der Waals surface area contributed by atoms with E-state index in [1.807, 2.05) is 0 Å². The van der Waals surface area contributed by atoms with E-state index in [4.69, 9.17) is 0 Å². The third kappa shape index (κ3) is 1.57. The van der Waals surface area contributed by atoms with Crippen molar-refractivity contribution in [2.45, 2.75) is 0 Å². The first-order valence-electron chi connectivity index (χ1n) is 11.3. The fourth-order valence-corrected chi connectivity index (χ4v) is 6.64. The van der Waals surface area contributed by atoms with Crippen molar-refractivity contribution in [3.05, 3.63) is 97.1 Å². The van der Waals surface area contributed by atoms with Crippen LogP contribution in [0.25, 0.3) is 86.2 Å². The van der Waals surface area contributed by atoms with E-state index in [0.717, 1.165) is 0 Å². The van der Waals surface area contributed by atoms with Crippen LogP contribution in [0.2, 0.25) is 0 Å². The highest BCUT2D eigenvalue weighted by Crippen LogP contribution is 2.51. The zero-order valence-electron chi connectivity index (χ0n) is 17.2. The van der Waals surface area contributed by atoms with Crippen LogP contribution in [0.5, 0.6) is 0 Å². The maximum Gasteiger partial charge on any atom is -0.000138 e. The van der Waals surface area contributed by atoms with Crippen molar-refractivity contribution in [2.75, 3.05) is 0 Å². The summed E-state index contributed by atoms with van der Waals surface area (Å²) in [5.74, 6) is 0. The summed E-state index contributed by atoms with van der Waals surface area (Å²) >= 11 is 0. The van der Waals surface area contributed by atoms with Gasteiger partial charge in [-0.1, -0.05) is 84.9 Å². The minimum Gasteiger partial charge on any atom is -0.0616 e. The molecular weight excluding hydrogens is 384 g/mol. The summed E-state index contributed by atoms with van der Waals surface area (Å²) in [4.78, 5) is 0. The molecule has 0 atom stereocenters. The highest BCUT2D eigenvalue weighted by atomic mass is 14.2. The second kappa shape index (κ2) is 5.00. The lowest BCUT2D eigenvalue weighted by Crippen LogP contribution is -1.94. The van der Waals surface area contributed by atoms with E-state index in [9.17, 15) is 0 Å². The van der Waals surface area contributed by atoms with Gasteiger partial charge in [0.15, 0.2) is 0 Å². The summed E-state index contributed by atoms with van der Waals surface area (Å²) in [5.41, 5.74) is 0. The van der Waals surface area contributed by atoms with Gasteiger partial charge in [0.25, 0.3) is 0 Å². The Bertz CT molecular complexity index is 2180. The Labute approximate surface area is 183 Å². The van der Waals surface area contributed by atoms with E-state index in [2.05, 4.69) is 97.1 Å². The maximum atomic E-state index is 2.42. The second-order valence-corrected chi connectivity index (χ2v) is 9.28. The molecule has 0 fully saturated rings. The van der Waals surface area contributed by atoms with Gasteiger partial charge in [-0.3, -0.25) is 0 Å². The zero-order chi connectivity index (χ0) is 20.6. The van der Waals surface area contributed by atoms with Crippen molar-refractivity contribution in [1.82, 2.24) is 0 Å². The van der Waals surface area contributed by atoms with Crippen molar-refractivity contribution >= 4 is 86.2 Å². The third-order valence-corrected chi connectivity index (χ3v) is 7.84. The fraction of sp³-hybridized carbons (Fsp3) is 0. The van der Waals surface area contributed by atoms with Crippen molar-refractivity contribution in [3.8, 4) is 0 Å². The summed E-state index contributed by atoms with van der Waals surface area (Å²) in [6.45, 7) is 0. The average molecular weight is 400 g/mol. The zero-order valence-corrected chi connectivity index (χ0v) is 17.2. The van der Waals surface area contributed by atoms with E-state index in [-0.39, 0.29) is 0 Å². The molecule has 32 heavy (non-hydrogen) atoms. The van der Waals surface area contributed by atoms with Crippen LogP contribution >= 0.6 is 0 Å². The Balaban J connectivity index is 1.80. The molecule has 0 aliphatic heterocycles. The molecule has 9 rings (SSSR count). The largest absolute Gasteiger partial charge is 0.0616 e. The monoisotopic (exact) mass is 400 g/mol. The van der Waals surface area contributed by atoms with Crippen LogP contribution in [0.1, 0.15) is 0 Å². The Morgan fingerprint density at radius 1 is 0.250 bits per heavy atom. The topological polar surface area (TPSA) is 0 Å². The molecule has 0 aromatic heterocycles. The molecule has 0 heteroatoms. The lowest BCUT2D eigenvalue weighted by molar-refractivity contribution is 1.80. The molecule has 0 aliphatic carbocycles. The molecule has 0 amide bonds. The van der Waals surface area contributed by atoms with E-state index < -0.39 is 0 Å². The van der Waals surface area contributed by atoms with Gasteiger partial charge in [0.2, 0.25) is 0 Å². The molecular formula is C32H16. The first-order valence-corrected chi connectivity index (χ1v) is 11.3. The van der Waals surface area contributed by atoms with Gasteiger partial charge in [0, 0.05) is 0 Å². The molecule has 0 nitrogen and oxygen atoms in total. The second-order valence-electron chi connectivity index (χ2n) is 9.28. The number of hydrogen-bond donors (Lipinski definition) is 0. The minimum atomic E-state index is 1.31. The highest BCUT2D eigenvalue weighted by molar-refractivity contribution is 6.48. The molecule has 0 bridgehead atoms. The number of fused-ring (bicyclic) bond motifs is 4. The van der Waals surface area contributed by atoms with E-state index in [1.165, 1.54) is 86.2 Å². The normalized spacial score (nSPS) is 13.0. The van der Waals surface area contributed by atoms with Crippen LogP contribution in [0.15, 0.2) is 97.1 Å². The maximum absolute atomic E-state index is 2.42. The highest BCUT2D eigenvalue weighted by Gasteiger charge is 2.22. The molecule has 0 unspecified atom stereocenters. The van der Waals surface area contributed by atoms with Crippen LogP contribution in [0.4, 0.5) is 0 Å². The van der Waals surface area contributed by atoms with Crippen LogP contribution in [-0.2, 0) is 0 Å². The van der Waals surface area contributed by atoms with Gasteiger partial charge < -0.3 is 0 Å². The fourth-order valence-electron chi connectivity index (χ4n) is 6.64. The average Bonchev–Trinajstić information content (AvgIpc) is 2.85. The van der Waals surface area contributed by atoms with Crippen LogP contribution < -0.4 is 0 Å². The Morgan fingerprint density at radius 3 is 1.72 bits per heavy atom. The number of benzene rings is 9. The SMILES string of the molecule is c1ccc2c(c1)cc1c3cccc4c5cccc6ccc7cc8ccc2c1c8c(c43)c7c65. The summed E-state index contributed by atoms with van der Waals surface area (Å²) in [6.07, 6.45) is 0. The van der Waals surface area contributed by atoms with Crippen molar-refractivity contribution in [1.29, 1.82) is 0 Å². The molecule has 0 saturated carbocycles. The predicted molar refractivity (Wildman–Crippen MR) is 140 cm³/mol. The minimum absolute atomic E-state index is 1.31. The number of hydrogen-bond acceptors (Lipinski definition) is 0. The molecule has 0 heterocycles. The molecule has 0 N–H and O–H groups in total. The van der Waals surface area contributed by atoms with Gasteiger partial charge in [-0.25, -0.2) is 0 Å². The Morgan fingerprint density at radius 2 is 0.812 bits per heavy atom. The summed E-state index contributed by atoms with van der Waals surface area (Å²) in [6, 6.07) is 36.6. The van der Waals surface area contributed by atoms with E-state index >= 15 is 0 Å². The Kier molecular flexibility index (Phi) is 2.44. The third-order valence-electron chi connectivity index (χ3n) is 7.84. The first kappa shape index (κ1) is 15.6. The van der Waals surface area contributed by atoms with Gasteiger partial charge in [0.1, 0.15) is 0 Å². The molecule has 0 saturated heterocycles. The molecule has 0 radical (unpaired) electrons. The smallest absolute Gasteiger partial charge is 0.000138 e. The van der Waals surface area contributed by atoms with Gasteiger partial charge in [-0.2, -0.15) is 0 Å². The lowest BCUT2D eigenvalue weighted by Gasteiger charge is -2.22. The van der Waals surface area contributed by atoms with Crippen LogP contribution in [-0.4, -0.2) is 0 Å². The summed E-state index contributed by atoms with van der Waals surface area (Å²) in [7, 11) is 0. The van der Waals surface area contributed by atoms with Crippen molar-refractivity contribution < 1.29 is 0 Å². The predicted octanol–water partition coefficient (Wildman–Crippen LogP) is 9.23. The standard InChI is InChI=1S/C32H16/c1-2-7-21-18(5-1)16-26-24-10-4-9-23-22-8-3-6-17-11-12-19-15-20-13-14-25(21)31(26)29(20)32(30(23)24)28(19)27(17)22/h1-16H. The van der Waals surface area contributed by atoms with Gasteiger partial charge in [-0.05, 0) is 98.3 Å². The summed E-state index contributed by atoms with van der Waals surface area (Å²) in [5, 5.41) is 22.1. The summed E-state index contributed by atoms with van der Waals surface area (Å²) < 4.78 is 0.